The minimum Gasteiger partial charge on any atom is -0.373 e. The van der Waals surface area contributed by atoms with Crippen LogP contribution in [0.3, 0.4) is 0 Å². The summed E-state index contributed by atoms with van der Waals surface area (Å²) in [6.45, 7) is 14.3. The Morgan fingerprint density at radius 3 is 2.17 bits per heavy atom. The van der Waals surface area contributed by atoms with Gasteiger partial charge >= 0.3 is 0 Å². The third-order valence-electron chi connectivity index (χ3n) is 4.14. The molecule has 2 aliphatic rings. The van der Waals surface area contributed by atoms with Crippen LogP contribution in [0.15, 0.2) is 0 Å². The summed E-state index contributed by atoms with van der Waals surface area (Å²) in [6, 6.07) is -0.312. The van der Waals surface area contributed by atoms with Crippen molar-refractivity contribution in [1.29, 1.82) is 0 Å². The largest absolute Gasteiger partial charge is 0.373 e. The third kappa shape index (κ3) is 4.07. The molecular weight excluding hydrogens is 318 g/mol. The summed E-state index contributed by atoms with van der Waals surface area (Å²) in [6.07, 6.45) is 0.677. The lowest BCUT2D eigenvalue weighted by Gasteiger charge is -2.37. The van der Waals surface area contributed by atoms with Crippen molar-refractivity contribution in [3.8, 4) is 0 Å². The van der Waals surface area contributed by atoms with Crippen LogP contribution in [0.4, 0.5) is 0 Å². The summed E-state index contributed by atoms with van der Waals surface area (Å²) < 4.78 is 44.3. The van der Waals surface area contributed by atoms with Crippen LogP contribution in [0.5, 0.6) is 0 Å². The molecule has 23 heavy (non-hydrogen) atoms. The first-order chi connectivity index (χ1) is 10.1. The quantitative estimate of drug-likeness (QED) is 0.774. The second kappa shape index (κ2) is 5.66. The van der Waals surface area contributed by atoms with Crippen LogP contribution in [0.1, 0.15) is 48.5 Å². The molecule has 7 heteroatoms. The molecule has 136 valence electrons. The molecule has 2 aliphatic heterocycles. The van der Waals surface area contributed by atoms with Gasteiger partial charge in [0.05, 0.1) is 36.2 Å². The van der Waals surface area contributed by atoms with Crippen molar-refractivity contribution in [2.75, 3.05) is 19.4 Å². The number of hydrogen-bond donors (Lipinski definition) is 0. The molecule has 2 saturated heterocycles. The minimum atomic E-state index is -3.33. The Labute approximate surface area is 140 Å². The first-order valence-corrected chi connectivity index (χ1v) is 9.96. The molecule has 0 aromatic heterocycles. The Kier molecular flexibility index (Phi) is 4.71. The SMILES string of the molecule is C[C@@H]1O[C@@]2(COC(C)(C)C)CN(S(C)(=O)=O)[C@@H]1[C@@H]2OC(C)(C)C. The highest BCUT2D eigenvalue weighted by molar-refractivity contribution is 7.88. The molecule has 0 radical (unpaired) electrons. The Balaban J connectivity index is 2.35. The van der Waals surface area contributed by atoms with Gasteiger partial charge in [-0.2, -0.15) is 4.31 Å². The molecule has 0 amide bonds. The standard InChI is InChI=1S/C16H31NO5S/c1-11-12-13(22-15(5,6)7)16(21-11,10-20-14(2,3)4)9-17(12)23(8,18)19/h11-13H,9-10H2,1-8H3/t11-,12-,13-,16+/m0/s1. The number of sulfonamides is 1. The maximum atomic E-state index is 12.2. The van der Waals surface area contributed by atoms with E-state index in [4.69, 9.17) is 14.2 Å². The highest BCUT2D eigenvalue weighted by Crippen LogP contribution is 2.46. The summed E-state index contributed by atoms with van der Waals surface area (Å²) in [7, 11) is -3.33. The van der Waals surface area contributed by atoms with E-state index in [1.165, 1.54) is 10.6 Å². The van der Waals surface area contributed by atoms with Crippen LogP contribution in [0.2, 0.25) is 0 Å². The van der Waals surface area contributed by atoms with Gasteiger partial charge < -0.3 is 14.2 Å². The molecule has 0 spiro atoms. The van der Waals surface area contributed by atoms with Crippen molar-refractivity contribution in [3.05, 3.63) is 0 Å². The lowest BCUT2D eigenvalue weighted by molar-refractivity contribution is -0.176. The predicted octanol–water partition coefficient (Wildman–Crippen LogP) is 1.79. The predicted molar refractivity (Wildman–Crippen MR) is 88.9 cm³/mol. The molecule has 6 nitrogen and oxygen atoms in total. The molecule has 2 heterocycles. The molecule has 0 aromatic rings. The average Bonchev–Trinajstić information content (AvgIpc) is 2.72. The first-order valence-electron chi connectivity index (χ1n) is 8.11. The maximum absolute atomic E-state index is 12.2. The molecule has 0 N–H and O–H groups in total. The number of fused-ring (bicyclic) bond motifs is 2. The smallest absolute Gasteiger partial charge is 0.211 e. The van der Waals surface area contributed by atoms with Gasteiger partial charge in [-0.1, -0.05) is 0 Å². The molecule has 4 atom stereocenters. The summed E-state index contributed by atoms with van der Waals surface area (Å²) in [5, 5.41) is 0. The zero-order chi connectivity index (χ0) is 17.8. The molecule has 0 aliphatic carbocycles. The number of ether oxygens (including phenoxy) is 3. The summed E-state index contributed by atoms with van der Waals surface area (Å²) in [5.41, 5.74) is -1.48. The first kappa shape index (κ1) is 19.1. The molecule has 2 fully saturated rings. The van der Waals surface area contributed by atoms with Crippen LogP contribution in [0.25, 0.3) is 0 Å². The third-order valence-corrected chi connectivity index (χ3v) is 5.37. The second-order valence-corrected chi connectivity index (χ2v) is 10.7. The number of morpholine rings is 1. The fourth-order valence-electron chi connectivity index (χ4n) is 3.34. The van der Waals surface area contributed by atoms with Gasteiger partial charge in [-0.3, -0.25) is 0 Å². The van der Waals surface area contributed by atoms with Crippen molar-refractivity contribution in [2.45, 2.75) is 83.5 Å². The monoisotopic (exact) mass is 349 g/mol. The average molecular weight is 349 g/mol. The fourth-order valence-corrected chi connectivity index (χ4v) is 4.52. The van der Waals surface area contributed by atoms with E-state index < -0.39 is 21.2 Å². The van der Waals surface area contributed by atoms with E-state index >= 15 is 0 Å². The summed E-state index contributed by atoms with van der Waals surface area (Å²) in [5.74, 6) is 0. The van der Waals surface area contributed by atoms with Gasteiger partial charge in [0, 0.05) is 6.54 Å². The Hall–Kier alpha value is -0.210. The van der Waals surface area contributed by atoms with E-state index in [2.05, 4.69) is 0 Å². The van der Waals surface area contributed by atoms with E-state index in [1.54, 1.807) is 0 Å². The van der Waals surface area contributed by atoms with Gasteiger partial charge in [0.1, 0.15) is 11.7 Å². The topological polar surface area (TPSA) is 65.1 Å². The summed E-state index contributed by atoms with van der Waals surface area (Å²) in [4.78, 5) is 0. The minimum absolute atomic E-state index is 0.227. The fraction of sp³-hybridized carbons (Fsp3) is 1.00. The summed E-state index contributed by atoms with van der Waals surface area (Å²) >= 11 is 0. The molecule has 0 aromatic carbocycles. The number of rotatable bonds is 4. The Bertz CT molecular complexity index is 548. The molecule has 2 rings (SSSR count). The van der Waals surface area contributed by atoms with E-state index in [1.807, 2.05) is 48.5 Å². The normalized spacial score (nSPS) is 35.9. The van der Waals surface area contributed by atoms with Gasteiger partial charge in [-0.15, -0.1) is 0 Å². The highest BCUT2D eigenvalue weighted by atomic mass is 32.2. The van der Waals surface area contributed by atoms with Crippen molar-refractivity contribution in [3.63, 3.8) is 0 Å². The van der Waals surface area contributed by atoms with Crippen molar-refractivity contribution in [2.24, 2.45) is 0 Å². The lowest BCUT2D eigenvalue weighted by atomic mass is 9.97. The van der Waals surface area contributed by atoms with Crippen LogP contribution < -0.4 is 0 Å². The molecule has 0 unspecified atom stereocenters. The van der Waals surface area contributed by atoms with Crippen LogP contribution in [-0.4, -0.2) is 67.2 Å². The van der Waals surface area contributed by atoms with Crippen LogP contribution in [-0.2, 0) is 24.2 Å². The van der Waals surface area contributed by atoms with E-state index in [0.29, 0.717) is 6.61 Å². The van der Waals surface area contributed by atoms with Gasteiger partial charge in [0.2, 0.25) is 10.0 Å². The van der Waals surface area contributed by atoms with Crippen LogP contribution in [0, 0.1) is 0 Å². The van der Waals surface area contributed by atoms with Crippen molar-refractivity contribution >= 4 is 10.0 Å². The van der Waals surface area contributed by atoms with Crippen LogP contribution >= 0.6 is 0 Å². The molecule has 2 bridgehead atoms. The number of nitrogens with zero attached hydrogens (tertiary/aromatic N) is 1. The van der Waals surface area contributed by atoms with E-state index in [0.717, 1.165) is 0 Å². The lowest BCUT2D eigenvalue weighted by Crippen LogP contribution is -2.51. The van der Waals surface area contributed by atoms with E-state index in [9.17, 15) is 8.42 Å². The molecule has 0 saturated carbocycles. The zero-order valence-electron chi connectivity index (χ0n) is 15.5. The van der Waals surface area contributed by atoms with Gasteiger partial charge in [0.15, 0.2) is 0 Å². The Morgan fingerprint density at radius 1 is 1.17 bits per heavy atom. The van der Waals surface area contributed by atoms with Crippen molar-refractivity contribution in [1.82, 2.24) is 4.31 Å². The zero-order valence-corrected chi connectivity index (χ0v) is 16.4. The number of hydrogen-bond acceptors (Lipinski definition) is 5. The van der Waals surface area contributed by atoms with Gasteiger partial charge in [-0.05, 0) is 48.5 Å². The van der Waals surface area contributed by atoms with Gasteiger partial charge in [0.25, 0.3) is 0 Å². The molecular formula is C16H31NO5S. The van der Waals surface area contributed by atoms with Crippen molar-refractivity contribution < 1.29 is 22.6 Å². The van der Waals surface area contributed by atoms with E-state index in [-0.39, 0.29) is 30.4 Å². The highest BCUT2D eigenvalue weighted by Gasteiger charge is 2.66. The van der Waals surface area contributed by atoms with Gasteiger partial charge in [-0.25, -0.2) is 8.42 Å². The second-order valence-electron chi connectivity index (χ2n) is 8.74. The maximum Gasteiger partial charge on any atom is 0.211 e. The Morgan fingerprint density at radius 2 is 1.74 bits per heavy atom.